The Hall–Kier alpha value is -3.15. The first-order valence-electron chi connectivity index (χ1n) is 9.71. The maximum atomic E-state index is 5.92. The minimum Gasteiger partial charge on any atom is -0.489 e. The molecule has 0 fully saturated rings. The number of fused-ring (bicyclic) bond motifs is 1. The van der Waals surface area contributed by atoms with E-state index >= 15 is 0 Å². The maximum Gasteiger partial charge on any atom is 0.145 e. The number of nitrogens with zero attached hydrogens (tertiary/aromatic N) is 3. The number of hydrogen-bond donors (Lipinski definition) is 1. The highest BCUT2D eigenvalue weighted by molar-refractivity contribution is 6.30. The van der Waals surface area contributed by atoms with Crippen LogP contribution in [0.15, 0.2) is 72.8 Å². The lowest BCUT2D eigenvalue weighted by molar-refractivity contribution is 0.306. The molecule has 0 saturated carbocycles. The van der Waals surface area contributed by atoms with Crippen LogP contribution >= 0.6 is 11.6 Å². The zero-order valence-corrected chi connectivity index (χ0v) is 17.7. The van der Waals surface area contributed by atoms with Crippen molar-refractivity contribution in [2.24, 2.45) is 0 Å². The van der Waals surface area contributed by atoms with Crippen LogP contribution in [0.5, 0.6) is 5.75 Å². The summed E-state index contributed by atoms with van der Waals surface area (Å²) in [6, 6.07) is 23.5. The van der Waals surface area contributed by atoms with Gasteiger partial charge in [-0.2, -0.15) is 0 Å². The number of aromatic nitrogens is 2. The first-order valence-corrected chi connectivity index (χ1v) is 10.1. The van der Waals surface area contributed by atoms with Gasteiger partial charge in [0.25, 0.3) is 0 Å². The van der Waals surface area contributed by atoms with Crippen LogP contribution in [0.2, 0.25) is 5.02 Å². The first kappa shape index (κ1) is 20.1. The smallest absolute Gasteiger partial charge is 0.145 e. The SMILES string of the molecule is CN(C)Cc1nc(Nc2ccc(OCc3ccc(Cl)cc3)cc2)c2ccccc2n1. The van der Waals surface area contributed by atoms with Gasteiger partial charge in [0, 0.05) is 16.1 Å². The van der Waals surface area contributed by atoms with Crippen molar-refractivity contribution in [3.8, 4) is 5.75 Å². The standard InChI is InChI=1S/C24H23ClN4O/c1-29(2)15-23-27-22-6-4-3-5-21(22)24(28-23)26-19-11-13-20(14-12-19)30-16-17-7-9-18(25)10-8-17/h3-14H,15-16H2,1-2H3,(H,26,27,28). The Labute approximate surface area is 181 Å². The molecule has 0 radical (unpaired) electrons. The summed E-state index contributed by atoms with van der Waals surface area (Å²) in [6.07, 6.45) is 0. The molecule has 1 N–H and O–H groups in total. The molecular formula is C24H23ClN4O. The van der Waals surface area contributed by atoms with Crippen LogP contribution in [-0.4, -0.2) is 29.0 Å². The maximum absolute atomic E-state index is 5.92. The Balaban J connectivity index is 1.50. The molecule has 0 unspecified atom stereocenters. The second-order valence-corrected chi connectivity index (χ2v) is 7.74. The van der Waals surface area contributed by atoms with Crippen LogP contribution in [0.1, 0.15) is 11.4 Å². The average Bonchev–Trinajstić information content (AvgIpc) is 2.74. The number of hydrogen-bond acceptors (Lipinski definition) is 5. The van der Waals surface area contributed by atoms with Crippen LogP contribution in [-0.2, 0) is 13.2 Å². The zero-order valence-electron chi connectivity index (χ0n) is 17.0. The van der Waals surface area contributed by atoms with Gasteiger partial charge in [0.05, 0.1) is 12.1 Å². The van der Waals surface area contributed by atoms with E-state index in [-0.39, 0.29) is 0 Å². The Morgan fingerprint density at radius 3 is 2.37 bits per heavy atom. The summed E-state index contributed by atoms with van der Waals surface area (Å²) in [5.41, 5.74) is 2.94. The molecule has 0 bridgehead atoms. The van der Waals surface area contributed by atoms with Gasteiger partial charge in [-0.25, -0.2) is 9.97 Å². The monoisotopic (exact) mass is 418 g/mol. The Morgan fingerprint density at radius 2 is 1.63 bits per heavy atom. The van der Waals surface area contributed by atoms with Crippen molar-refractivity contribution in [1.82, 2.24) is 14.9 Å². The van der Waals surface area contributed by atoms with Crippen molar-refractivity contribution in [2.75, 3.05) is 19.4 Å². The van der Waals surface area contributed by atoms with Crippen molar-refractivity contribution >= 4 is 34.0 Å². The van der Waals surface area contributed by atoms with Crippen LogP contribution in [0.4, 0.5) is 11.5 Å². The van der Waals surface area contributed by atoms with Crippen molar-refractivity contribution in [2.45, 2.75) is 13.2 Å². The van der Waals surface area contributed by atoms with Crippen molar-refractivity contribution in [1.29, 1.82) is 0 Å². The topological polar surface area (TPSA) is 50.3 Å². The summed E-state index contributed by atoms with van der Waals surface area (Å²) in [5.74, 6) is 2.38. The number of rotatable bonds is 7. The Bertz CT molecular complexity index is 1130. The van der Waals surface area contributed by atoms with E-state index in [1.165, 1.54) is 0 Å². The molecule has 0 aliphatic heterocycles. The van der Waals surface area contributed by atoms with Gasteiger partial charge in [0.1, 0.15) is 24.0 Å². The van der Waals surface area contributed by atoms with Crippen LogP contribution < -0.4 is 10.1 Å². The molecule has 0 saturated heterocycles. The average molecular weight is 419 g/mol. The molecule has 5 nitrogen and oxygen atoms in total. The molecule has 0 spiro atoms. The molecule has 152 valence electrons. The molecule has 1 aromatic heterocycles. The number of benzene rings is 3. The molecule has 6 heteroatoms. The van der Waals surface area contributed by atoms with E-state index in [9.17, 15) is 0 Å². The largest absolute Gasteiger partial charge is 0.489 e. The van der Waals surface area contributed by atoms with E-state index in [0.717, 1.165) is 44.6 Å². The molecule has 0 amide bonds. The third kappa shape index (κ3) is 5.06. The summed E-state index contributed by atoms with van der Waals surface area (Å²) in [7, 11) is 4.02. The normalized spacial score (nSPS) is 11.1. The van der Waals surface area contributed by atoms with E-state index in [4.69, 9.17) is 21.3 Å². The van der Waals surface area contributed by atoms with E-state index in [1.807, 2.05) is 86.9 Å². The fourth-order valence-corrected chi connectivity index (χ4v) is 3.22. The van der Waals surface area contributed by atoms with Gasteiger partial charge in [-0.15, -0.1) is 0 Å². The molecule has 3 aromatic carbocycles. The van der Waals surface area contributed by atoms with E-state index < -0.39 is 0 Å². The highest BCUT2D eigenvalue weighted by Gasteiger charge is 2.09. The van der Waals surface area contributed by atoms with Gasteiger partial charge in [0.15, 0.2) is 0 Å². The molecule has 4 rings (SSSR count). The third-order valence-corrected chi connectivity index (χ3v) is 4.79. The first-order chi connectivity index (χ1) is 14.6. The zero-order chi connectivity index (χ0) is 20.9. The highest BCUT2D eigenvalue weighted by atomic mass is 35.5. The second kappa shape index (κ2) is 9.11. The van der Waals surface area contributed by atoms with Crippen LogP contribution in [0, 0.1) is 0 Å². The molecular weight excluding hydrogens is 396 g/mol. The highest BCUT2D eigenvalue weighted by Crippen LogP contribution is 2.25. The van der Waals surface area contributed by atoms with Gasteiger partial charge < -0.3 is 15.0 Å². The molecule has 4 aromatic rings. The summed E-state index contributed by atoms with van der Waals surface area (Å²) >= 11 is 5.92. The molecule has 0 aliphatic carbocycles. The van der Waals surface area contributed by atoms with Crippen molar-refractivity contribution in [3.63, 3.8) is 0 Å². The number of halogens is 1. The fourth-order valence-electron chi connectivity index (χ4n) is 3.09. The van der Waals surface area contributed by atoms with Gasteiger partial charge in [-0.3, -0.25) is 0 Å². The van der Waals surface area contributed by atoms with Crippen LogP contribution in [0.25, 0.3) is 10.9 Å². The van der Waals surface area contributed by atoms with Crippen molar-refractivity contribution < 1.29 is 4.74 Å². The molecule has 30 heavy (non-hydrogen) atoms. The Morgan fingerprint density at radius 1 is 0.900 bits per heavy atom. The van der Waals surface area contributed by atoms with Gasteiger partial charge in [-0.1, -0.05) is 35.9 Å². The number of para-hydroxylation sites is 1. The van der Waals surface area contributed by atoms with Gasteiger partial charge in [0.2, 0.25) is 0 Å². The lowest BCUT2D eigenvalue weighted by Crippen LogP contribution is -2.14. The Kier molecular flexibility index (Phi) is 6.12. The minimum absolute atomic E-state index is 0.494. The number of anilines is 2. The molecule has 0 atom stereocenters. The van der Waals surface area contributed by atoms with Gasteiger partial charge in [-0.05, 0) is 68.2 Å². The van der Waals surface area contributed by atoms with E-state index in [1.54, 1.807) is 0 Å². The number of ether oxygens (including phenoxy) is 1. The third-order valence-electron chi connectivity index (χ3n) is 4.54. The molecule has 0 aliphatic rings. The fraction of sp³-hybridized carbons (Fsp3) is 0.167. The van der Waals surface area contributed by atoms with Gasteiger partial charge >= 0.3 is 0 Å². The summed E-state index contributed by atoms with van der Waals surface area (Å²) in [6.45, 7) is 1.17. The lowest BCUT2D eigenvalue weighted by atomic mass is 10.2. The van der Waals surface area contributed by atoms with Crippen molar-refractivity contribution in [3.05, 3.63) is 89.2 Å². The molecule has 1 heterocycles. The minimum atomic E-state index is 0.494. The van der Waals surface area contributed by atoms with E-state index in [2.05, 4.69) is 15.2 Å². The quantitative estimate of drug-likeness (QED) is 0.419. The van der Waals surface area contributed by atoms with E-state index in [0.29, 0.717) is 13.2 Å². The summed E-state index contributed by atoms with van der Waals surface area (Å²) in [5, 5.41) is 5.14. The van der Waals surface area contributed by atoms with Crippen LogP contribution in [0.3, 0.4) is 0 Å². The number of nitrogens with one attached hydrogen (secondary N) is 1. The predicted octanol–water partition coefficient (Wildman–Crippen LogP) is 5.67. The predicted molar refractivity (Wildman–Crippen MR) is 122 cm³/mol. The summed E-state index contributed by atoms with van der Waals surface area (Å²) in [4.78, 5) is 11.5. The summed E-state index contributed by atoms with van der Waals surface area (Å²) < 4.78 is 5.87. The lowest BCUT2D eigenvalue weighted by Gasteiger charge is -2.13. The second-order valence-electron chi connectivity index (χ2n) is 7.31.